The lowest BCUT2D eigenvalue weighted by Gasteiger charge is -2.08. The van der Waals surface area contributed by atoms with Crippen LogP contribution < -0.4 is 15.0 Å². The summed E-state index contributed by atoms with van der Waals surface area (Å²) in [5, 5.41) is 16.7. The summed E-state index contributed by atoms with van der Waals surface area (Å²) in [6.07, 6.45) is -0.0909. The fourth-order valence-corrected chi connectivity index (χ4v) is 4.94. The number of aromatic nitrogens is 6. The van der Waals surface area contributed by atoms with Crippen LogP contribution in [-0.2, 0) is 20.0 Å². The number of primary sulfonamides is 2. The SMILES string of the molecule is CC(C)Oc1ccc2nc(Cl)c(S(N)(=O)=O)n2n1.NS(=O)(=O)c1c(Cl)nc2ccc(Cl)nn12. The van der Waals surface area contributed by atoms with E-state index in [1.54, 1.807) is 12.1 Å². The van der Waals surface area contributed by atoms with Crippen LogP contribution in [0.2, 0.25) is 15.5 Å². The molecule has 13 nitrogen and oxygen atoms in total. The molecule has 0 bridgehead atoms. The van der Waals surface area contributed by atoms with Crippen LogP contribution in [0.4, 0.5) is 0 Å². The van der Waals surface area contributed by atoms with E-state index in [2.05, 4.69) is 20.2 Å². The van der Waals surface area contributed by atoms with Crippen LogP contribution in [0.15, 0.2) is 34.3 Å². The number of imidazole rings is 2. The Labute approximate surface area is 202 Å². The lowest BCUT2D eigenvalue weighted by molar-refractivity contribution is 0.228. The number of hydrogen-bond acceptors (Lipinski definition) is 9. The Morgan fingerprint density at radius 3 is 1.73 bits per heavy atom. The molecular formula is C15H15Cl3N8O5S2. The Bertz CT molecular complexity index is 1570. The Morgan fingerprint density at radius 2 is 1.27 bits per heavy atom. The third-order valence-corrected chi connectivity index (χ3v) is 6.39. The number of hydrogen-bond donors (Lipinski definition) is 2. The third kappa shape index (κ3) is 5.63. The van der Waals surface area contributed by atoms with Gasteiger partial charge in [-0.15, -0.1) is 5.10 Å². The van der Waals surface area contributed by atoms with E-state index in [0.717, 1.165) is 9.03 Å². The van der Waals surface area contributed by atoms with E-state index in [1.165, 1.54) is 12.1 Å². The zero-order valence-electron chi connectivity index (χ0n) is 16.7. The van der Waals surface area contributed by atoms with Gasteiger partial charge >= 0.3 is 0 Å². The number of nitrogens with two attached hydrogens (primary N) is 2. The van der Waals surface area contributed by atoms with Crippen molar-refractivity contribution in [3.8, 4) is 5.88 Å². The molecule has 0 spiro atoms. The van der Waals surface area contributed by atoms with Crippen LogP contribution >= 0.6 is 34.8 Å². The first-order valence-electron chi connectivity index (χ1n) is 8.67. The molecule has 18 heteroatoms. The van der Waals surface area contributed by atoms with Crippen LogP contribution in [0.5, 0.6) is 5.88 Å². The zero-order valence-corrected chi connectivity index (χ0v) is 20.6. The minimum Gasteiger partial charge on any atom is -0.474 e. The summed E-state index contributed by atoms with van der Waals surface area (Å²) < 4.78 is 52.6. The van der Waals surface area contributed by atoms with Crippen molar-refractivity contribution in [1.29, 1.82) is 0 Å². The smallest absolute Gasteiger partial charge is 0.258 e. The molecule has 4 rings (SSSR count). The van der Waals surface area contributed by atoms with Crippen molar-refractivity contribution in [2.45, 2.75) is 30.0 Å². The summed E-state index contributed by atoms with van der Waals surface area (Å²) >= 11 is 17.0. The maximum absolute atomic E-state index is 11.4. The average molecular weight is 558 g/mol. The molecule has 0 saturated carbocycles. The van der Waals surface area contributed by atoms with Crippen molar-refractivity contribution >= 4 is 66.1 Å². The summed E-state index contributed by atoms with van der Waals surface area (Å²) in [6, 6.07) is 6.07. The summed E-state index contributed by atoms with van der Waals surface area (Å²) in [5.41, 5.74) is 0.536. The topological polar surface area (TPSA) is 190 Å². The van der Waals surface area contributed by atoms with Crippen molar-refractivity contribution in [2.75, 3.05) is 0 Å². The second-order valence-electron chi connectivity index (χ2n) is 6.54. The minimum absolute atomic E-state index is 0.0909. The Balaban J connectivity index is 0.000000189. The summed E-state index contributed by atoms with van der Waals surface area (Å²) in [7, 11) is -8.00. The van der Waals surface area contributed by atoms with Crippen molar-refractivity contribution in [3.63, 3.8) is 0 Å². The van der Waals surface area contributed by atoms with Gasteiger partial charge < -0.3 is 4.74 Å². The quantitative estimate of drug-likeness (QED) is 0.374. The van der Waals surface area contributed by atoms with E-state index in [0.29, 0.717) is 0 Å². The molecule has 0 radical (unpaired) electrons. The van der Waals surface area contributed by atoms with Crippen LogP contribution in [0.3, 0.4) is 0 Å². The van der Waals surface area contributed by atoms with Crippen LogP contribution in [0.25, 0.3) is 11.3 Å². The molecule has 4 aromatic rings. The first kappa shape index (κ1) is 25.4. The molecule has 0 aliphatic rings. The molecule has 0 aliphatic carbocycles. The predicted molar refractivity (Wildman–Crippen MR) is 120 cm³/mol. The van der Waals surface area contributed by atoms with Crippen molar-refractivity contribution in [3.05, 3.63) is 39.7 Å². The van der Waals surface area contributed by atoms with Gasteiger partial charge in [0, 0.05) is 6.07 Å². The van der Waals surface area contributed by atoms with Crippen molar-refractivity contribution < 1.29 is 21.6 Å². The van der Waals surface area contributed by atoms with E-state index in [4.69, 9.17) is 49.8 Å². The maximum Gasteiger partial charge on any atom is 0.258 e. The van der Waals surface area contributed by atoms with Gasteiger partial charge in [-0.25, -0.2) is 37.1 Å². The Morgan fingerprint density at radius 1 is 0.818 bits per heavy atom. The molecule has 0 fully saturated rings. The molecule has 178 valence electrons. The second-order valence-corrected chi connectivity index (χ2v) is 10.6. The predicted octanol–water partition coefficient (Wildman–Crippen LogP) is 1.50. The number of sulfonamides is 2. The summed E-state index contributed by atoms with van der Waals surface area (Å²) in [6.45, 7) is 3.65. The van der Waals surface area contributed by atoms with E-state index >= 15 is 0 Å². The van der Waals surface area contributed by atoms with Gasteiger partial charge in [0.2, 0.25) is 15.9 Å². The van der Waals surface area contributed by atoms with Gasteiger partial charge in [-0.05, 0) is 32.0 Å². The lowest BCUT2D eigenvalue weighted by Crippen LogP contribution is -2.16. The van der Waals surface area contributed by atoms with E-state index in [1.807, 2.05) is 13.8 Å². The lowest BCUT2D eigenvalue weighted by atomic mass is 10.5. The summed E-state index contributed by atoms with van der Waals surface area (Å²) in [4.78, 5) is 7.62. The monoisotopic (exact) mass is 556 g/mol. The number of rotatable bonds is 4. The first-order valence-corrected chi connectivity index (χ1v) is 12.9. The number of fused-ring (bicyclic) bond motifs is 2. The largest absolute Gasteiger partial charge is 0.474 e. The van der Waals surface area contributed by atoms with Gasteiger partial charge in [0.1, 0.15) is 5.15 Å². The van der Waals surface area contributed by atoms with Gasteiger partial charge in [-0.3, -0.25) is 0 Å². The highest BCUT2D eigenvalue weighted by Gasteiger charge is 2.23. The maximum atomic E-state index is 11.4. The van der Waals surface area contributed by atoms with Crippen LogP contribution in [-0.4, -0.2) is 52.1 Å². The molecule has 33 heavy (non-hydrogen) atoms. The third-order valence-electron chi connectivity index (χ3n) is 3.63. The fourth-order valence-electron chi connectivity index (χ4n) is 2.51. The highest BCUT2D eigenvalue weighted by molar-refractivity contribution is 7.89. The second kappa shape index (κ2) is 9.17. The number of halogens is 3. The molecular weight excluding hydrogens is 543 g/mol. The molecule has 4 N–H and O–H groups in total. The van der Waals surface area contributed by atoms with Gasteiger partial charge in [0.25, 0.3) is 20.0 Å². The van der Waals surface area contributed by atoms with E-state index in [-0.39, 0.29) is 48.8 Å². The molecule has 0 aromatic carbocycles. The van der Waals surface area contributed by atoms with Crippen LogP contribution in [0, 0.1) is 0 Å². The molecule has 0 amide bonds. The molecule has 4 aromatic heterocycles. The van der Waals surface area contributed by atoms with Gasteiger partial charge in [-0.2, -0.15) is 14.1 Å². The Hall–Kier alpha value is -2.27. The van der Waals surface area contributed by atoms with Crippen molar-refractivity contribution in [1.82, 2.24) is 29.2 Å². The number of nitrogens with zero attached hydrogens (tertiary/aromatic N) is 6. The van der Waals surface area contributed by atoms with Crippen molar-refractivity contribution in [2.24, 2.45) is 10.3 Å². The highest BCUT2D eigenvalue weighted by atomic mass is 35.5. The molecule has 0 unspecified atom stereocenters. The standard InChI is InChI=1S/C9H11ClN4O3S.C6H4Cl2N4O2S/c1-5(2)17-7-4-3-6-12-8(10)9(14(6)13-7)18(11,15)16;7-3-1-2-4-10-5(8)6(12(4)11-3)15(9,13)14/h3-5H,1-2H3,(H2,11,15,16);1-2H,(H2,9,13,14). The molecule has 0 atom stereocenters. The van der Waals surface area contributed by atoms with E-state index in [9.17, 15) is 16.8 Å². The van der Waals surface area contributed by atoms with Gasteiger partial charge in [-0.1, -0.05) is 34.8 Å². The van der Waals surface area contributed by atoms with Gasteiger partial charge in [0.05, 0.1) is 6.10 Å². The van der Waals surface area contributed by atoms with Gasteiger partial charge in [0.15, 0.2) is 21.6 Å². The molecule has 4 heterocycles. The first-order chi connectivity index (χ1) is 15.2. The zero-order chi connectivity index (χ0) is 24.7. The molecule has 0 saturated heterocycles. The Kier molecular flexibility index (Phi) is 7.05. The van der Waals surface area contributed by atoms with Crippen LogP contribution in [0.1, 0.15) is 13.8 Å². The molecule has 0 aliphatic heterocycles. The highest BCUT2D eigenvalue weighted by Crippen LogP contribution is 2.23. The summed E-state index contributed by atoms with van der Waals surface area (Å²) in [5.74, 6) is 0.261. The van der Waals surface area contributed by atoms with E-state index < -0.39 is 20.0 Å². The average Bonchev–Trinajstić information content (AvgIpc) is 3.15. The minimum atomic E-state index is -4.01. The number of ether oxygens (including phenoxy) is 1. The fraction of sp³-hybridized carbons (Fsp3) is 0.200. The normalized spacial score (nSPS) is 12.2.